The topological polar surface area (TPSA) is 0 Å². The van der Waals surface area contributed by atoms with Crippen molar-refractivity contribution in [2.75, 3.05) is 0 Å². The van der Waals surface area contributed by atoms with Gasteiger partial charge in [0.1, 0.15) is 0 Å². The summed E-state index contributed by atoms with van der Waals surface area (Å²) in [5.41, 5.74) is 15.3. The third-order valence-electron chi connectivity index (χ3n) is 13.5. The van der Waals surface area contributed by atoms with Crippen molar-refractivity contribution in [3.05, 3.63) is 230 Å². The fraction of sp³-hybridized carbons (Fsp3) is 0. The van der Waals surface area contributed by atoms with E-state index in [-0.39, 0.29) is 0 Å². The highest BCUT2D eigenvalue weighted by atomic mass is 14.3. The van der Waals surface area contributed by atoms with Crippen LogP contribution in [0.1, 0.15) is 11.1 Å². The Bertz CT molecular complexity index is 3770. The number of hydrogen-bond donors (Lipinski definition) is 0. The average molecular weight is 783 g/mol. The lowest BCUT2D eigenvalue weighted by Crippen LogP contribution is -1.93. The highest BCUT2D eigenvalue weighted by Gasteiger charge is 2.25. The van der Waals surface area contributed by atoms with Gasteiger partial charge in [0.2, 0.25) is 0 Å². The summed E-state index contributed by atoms with van der Waals surface area (Å²) >= 11 is 0. The van der Waals surface area contributed by atoms with Crippen molar-refractivity contribution >= 4 is 76.8 Å². The van der Waals surface area contributed by atoms with Crippen molar-refractivity contribution in [3.63, 3.8) is 0 Å². The van der Waals surface area contributed by atoms with Crippen LogP contribution in [0.3, 0.4) is 0 Å². The highest BCUT2D eigenvalue weighted by Crippen LogP contribution is 2.52. The first kappa shape index (κ1) is 34.8. The first-order valence-corrected chi connectivity index (χ1v) is 21.6. The third-order valence-corrected chi connectivity index (χ3v) is 13.5. The molecule has 286 valence electrons. The van der Waals surface area contributed by atoms with Crippen LogP contribution in [0.2, 0.25) is 0 Å². The number of benzene rings is 12. The Hall–Kier alpha value is -8.06. The van der Waals surface area contributed by atoms with E-state index in [1.54, 1.807) is 0 Å². The van der Waals surface area contributed by atoms with Gasteiger partial charge >= 0.3 is 0 Å². The maximum atomic E-state index is 2.37. The SMILES string of the molecule is C(=C\c1ccc(-c2c3ccccc3c(-c3ccc4c5c(cccc35)-c3ccccc3-4)c3ccccc23)c2ccccc12)/c1ccc(-c2cccc3ccccc23)c2ccccc12. The van der Waals surface area contributed by atoms with Crippen molar-refractivity contribution in [2.24, 2.45) is 0 Å². The Morgan fingerprint density at radius 3 is 1.15 bits per heavy atom. The molecule has 0 heteroatoms. The minimum Gasteiger partial charge on any atom is -0.0616 e. The van der Waals surface area contributed by atoms with Gasteiger partial charge < -0.3 is 0 Å². The summed E-state index contributed by atoms with van der Waals surface area (Å²) in [6.07, 6.45) is 4.60. The quantitative estimate of drug-likeness (QED) is 0.120. The van der Waals surface area contributed by atoms with Crippen molar-refractivity contribution in [1.29, 1.82) is 0 Å². The zero-order chi connectivity index (χ0) is 40.7. The second-order valence-corrected chi connectivity index (χ2v) is 16.6. The van der Waals surface area contributed by atoms with Crippen LogP contribution in [0.15, 0.2) is 218 Å². The molecule has 0 aromatic heterocycles. The normalized spacial score (nSPS) is 12.1. The Labute approximate surface area is 360 Å². The Morgan fingerprint density at radius 1 is 0.194 bits per heavy atom. The predicted octanol–water partition coefficient (Wildman–Crippen LogP) is 17.4. The van der Waals surface area contributed by atoms with Crippen LogP contribution in [0, 0.1) is 0 Å². The van der Waals surface area contributed by atoms with Gasteiger partial charge in [0, 0.05) is 0 Å². The molecule has 0 spiro atoms. The number of fused-ring (bicyclic) bond motifs is 8. The fourth-order valence-electron chi connectivity index (χ4n) is 10.8. The zero-order valence-corrected chi connectivity index (χ0v) is 33.9. The van der Waals surface area contributed by atoms with Crippen LogP contribution < -0.4 is 0 Å². The summed E-state index contributed by atoms with van der Waals surface area (Å²) in [5.74, 6) is 0. The number of hydrogen-bond acceptors (Lipinski definition) is 0. The lowest BCUT2D eigenvalue weighted by atomic mass is 9.83. The summed E-state index contributed by atoms with van der Waals surface area (Å²) in [4.78, 5) is 0. The first-order valence-electron chi connectivity index (χ1n) is 21.6. The Morgan fingerprint density at radius 2 is 0.532 bits per heavy atom. The molecule has 0 saturated heterocycles. The van der Waals surface area contributed by atoms with Gasteiger partial charge in [-0.1, -0.05) is 231 Å². The average Bonchev–Trinajstić information content (AvgIpc) is 3.67. The lowest BCUT2D eigenvalue weighted by Gasteiger charge is -2.20. The van der Waals surface area contributed by atoms with Gasteiger partial charge in [-0.15, -0.1) is 0 Å². The second-order valence-electron chi connectivity index (χ2n) is 16.6. The van der Waals surface area contributed by atoms with Crippen molar-refractivity contribution in [1.82, 2.24) is 0 Å². The van der Waals surface area contributed by atoms with Crippen LogP contribution in [0.4, 0.5) is 0 Å². The molecule has 62 heavy (non-hydrogen) atoms. The molecule has 1 aliphatic carbocycles. The Balaban J connectivity index is 0.974. The van der Waals surface area contributed by atoms with E-state index in [0.717, 1.165) is 0 Å². The van der Waals surface area contributed by atoms with Crippen LogP contribution in [-0.4, -0.2) is 0 Å². The maximum absolute atomic E-state index is 2.37. The lowest BCUT2D eigenvalue weighted by molar-refractivity contribution is 1.66. The monoisotopic (exact) mass is 782 g/mol. The van der Waals surface area contributed by atoms with E-state index in [4.69, 9.17) is 0 Å². The fourth-order valence-corrected chi connectivity index (χ4v) is 10.8. The molecular formula is C62H38. The molecule has 0 N–H and O–H groups in total. The molecule has 0 saturated carbocycles. The van der Waals surface area contributed by atoms with Crippen LogP contribution >= 0.6 is 0 Å². The molecule has 0 heterocycles. The van der Waals surface area contributed by atoms with Gasteiger partial charge in [-0.05, 0) is 131 Å². The summed E-state index contributed by atoms with van der Waals surface area (Å²) in [5, 5.41) is 15.2. The molecule has 0 aliphatic heterocycles. The Kier molecular flexibility index (Phi) is 7.71. The minimum absolute atomic E-state index is 1.20. The van der Waals surface area contributed by atoms with Crippen molar-refractivity contribution in [3.8, 4) is 55.6 Å². The molecule has 12 aromatic carbocycles. The first-order chi connectivity index (χ1) is 30.8. The zero-order valence-electron chi connectivity index (χ0n) is 33.9. The standard InChI is InChI=1S/C62H38/c1-2-17-42-39(15-1)16-13-28-46(42)50-35-33-40(43-18-3-5-20-45(43)50)31-32-41-34-36-57(47-21-6-4-19-44(41)47)61-52-24-9-11-26-54(52)62(55-27-12-10-25-53(55)61)59-38-37-58-49-23-8-7-22-48(49)51-29-14-30-56(59)60(51)58/h1-38H/b32-31+. The summed E-state index contributed by atoms with van der Waals surface area (Å²) in [6, 6.07) is 80.8. The molecule has 0 atom stereocenters. The molecule has 0 unspecified atom stereocenters. The van der Waals surface area contributed by atoms with Gasteiger partial charge in [-0.25, -0.2) is 0 Å². The highest BCUT2D eigenvalue weighted by molar-refractivity contribution is 6.27. The van der Waals surface area contributed by atoms with E-state index in [9.17, 15) is 0 Å². The van der Waals surface area contributed by atoms with E-state index in [0.29, 0.717) is 0 Å². The van der Waals surface area contributed by atoms with Gasteiger partial charge in [0.25, 0.3) is 0 Å². The summed E-state index contributed by atoms with van der Waals surface area (Å²) < 4.78 is 0. The van der Waals surface area contributed by atoms with Crippen molar-refractivity contribution < 1.29 is 0 Å². The van der Waals surface area contributed by atoms with E-state index in [1.807, 2.05) is 0 Å². The molecule has 0 radical (unpaired) electrons. The smallest absolute Gasteiger partial charge is 0.00201 e. The molecule has 1 aliphatic rings. The van der Waals surface area contributed by atoms with E-state index < -0.39 is 0 Å². The number of rotatable bonds is 5. The molecule has 0 fully saturated rings. The van der Waals surface area contributed by atoms with Crippen LogP contribution in [0.25, 0.3) is 132 Å². The van der Waals surface area contributed by atoms with E-state index in [2.05, 4.69) is 231 Å². The minimum atomic E-state index is 1.20. The maximum Gasteiger partial charge on any atom is -0.00201 e. The molecule has 12 aromatic rings. The third kappa shape index (κ3) is 5.14. The molecular weight excluding hydrogens is 745 g/mol. The largest absolute Gasteiger partial charge is 0.0616 e. The van der Waals surface area contributed by atoms with E-state index >= 15 is 0 Å². The van der Waals surface area contributed by atoms with Crippen LogP contribution in [-0.2, 0) is 0 Å². The van der Waals surface area contributed by atoms with Gasteiger partial charge in [-0.3, -0.25) is 0 Å². The summed E-state index contributed by atoms with van der Waals surface area (Å²) in [7, 11) is 0. The molecule has 0 bridgehead atoms. The summed E-state index contributed by atoms with van der Waals surface area (Å²) in [6.45, 7) is 0. The van der Waals surface area contributed by atoms with Crippen LogP contribution in [0.5, 0.6) is 0 Å². The molecule has 0 amide bonds. The van der Waals surface area contributed by atoms with Gasteiger partial charge in [0.15, 0.2) is 0 Å². The van der Waals surface area contributed by atoms with Gasteiger partial charge in [-0.2, -0.15) is 0 Å². The van der Waals surface area contributed by atoms with Gasteiger partial charge in [0.05, 0.1) is 0 Å². The van der Waals surface area contributed by atoms with Crippen molar-refractivity contribution in [2.45, 2.75) is 0 Å². The molecule has 13 rings (SSSR count). The predicted molar refractivity (Wildman–Crippen MR) is 268 cm³/mol. The second kappa shape index (κ2) is 13.7. The van der Waals surface area contributed by atoms with E-state index in [1.165, 1.54) is 131 Å². The molecule has 0 nitrogen and oxygen atoms in total.